The number of rotatable bonds is 19. The molecule has 0 fully saturated rings. The number of primary amides is 2. The summed E-state index contributed by atoms with van der Waals surface area (Å²) in [5, 5.41) is 17.6. The van der Waals surface area contributed by atoms with Gasteiger partial charge in [0.05, 0.1) is 6.04 Å². The second-order valence-electron chi connectivity index (χ2n) is 10.2. The predicted octanol–water partition coefficient (Wildman–Crippen LogP) is -2.84. The minimum Gasteiger partial charge on any atom is -0.480 e. The van der Waals surface area contributed by atoms with Crippen molar-refractivity contribution in [2.75, 3.05) is 6.54 Å². The van der Waals surface area contributed by atoms with Gasteiger partial charge in [0, 0.05) is 42.9 Å². The first kappa shape index (κ1) is 35.0. The molecule has 0 saturated carbocycles. The highest BCUT2D eigenvalue weighted by molar-refractivity contribution is 5.95. The molecule has 44 heavy (non-hydrogen) atoms. The van der Waals surface area contributed by atoms with Crippen molar-refractivity contribution in [3.05, 3.63) is 36.0 Å². The molecule has 0 aliphatic carbocycles. The normalized spacial score (nSPS) is 13.6. The molecule has 0 saturated heterocycles. The van der Waals surface area contributed by atoms with Gasteiger partial charge in [0.1, 0.15) is 18.1 Å². The zero-order valence-electron chi connectivity index (χ0n) is 24.1. The SMILES string of the molecule is NC(=O)CCC(NC(=O)C(CCC(N)=O)NC(=O)C(Cc1c[nH]c2ccccc12)NC(=O)C(N)CCCN=C(N)N)C(=O)O. The number of aliphatic imine (C=N–C) groups is 1. The maximum Gasteiger partial charge on any atom is 0.326 e. The minimum absolute atomic E-state index is 0.0111. The van der Waals surface area contributed by atoms with Crippen LogP contribution in [0.1, 0.15) is 44.1 Å². The number of amides is 5. The first-order valence-corrected chi connectivity index (χ1v) is 13.8. The number of carboxylic acids is 1. The molecular weight excluding hydrogens is 576 g/mol. The Hall–Kier alpha value is -5.19. The predicted molar refractivity (Wildman–Crippen MR) is 160 cm³/mol. The van der Waals surface area contributed by atoms with Crippen molar-refractivity contribution < 1.29 is 33.9 Å². The van der Waals surface area contributed by atoms with Crippen LogP contribution in [0.25, 0.3) is 10.9 Å². The number of benzene rings is 1. The van der Waals surface area contributed by atoms with Gasteiger partial charge in [-0.15, -0.1) is 0 Å². The number of aliphatic carboxylic acids is 1. The van der Waals surface area contributed by atoms with E-state index in [4.69, 9.17) is 28.7 Å². The number of aromatic amines is 1. The van der Waals surface area contributed by atoms with E-state index in [0.29, 0.717) is 12.0 Å². The van der Waals surface area contributed by atoms with Gasteiger partial charge in [0.15, 0.2) is 5.96 Å². The van der Waals surface area contributed by atoms with Crippen molar-refractivity contribution in [1.29, 1.82) is 0 Å². The van der Waals surface area contributed by atoms with E-state index in [1.807, 2.05) is 18.2 Å². The fraction of sp³-hybridized carbons (Fsp3) is 0.444. The van der Waals surface area contributed by atoms with Crippen LogP contribution in [-0.2, 0) is 35.2 Å². The number of carbonyl (C=O) groups excluding carboxylic acids is 5. The van der Waals surface area contributed by atoms with Gasteiger partial charge in [-0.1, -0.05) is 18.2 Å². The third-order valence-corrected chi connectivity index (χ3v) is 6.64. The van der Waals surface area contributed by atoms with Gasteiger partial charge in [0.25, 0.3) is 0 Å². The molecule has 0 aliphatic heterocycles. The monoisotopic (exact) mass is 616 g/mol. The van der Waals surface area contributed by atoms with E-state index >= 15 is 0 Å². The third kappa shape index (κ3) is 11.6. The standard InChI is InChI=1S/C27H40N10O7/c28-16(5-3-11-33-27(31)32)23(40)37-20(12-14-13-34-17-6-2-1-4-15(14)17)25(42)35-18(7-9-21(29)38)24(41)36-19(26(43)44)8-10-22(30)39/h1-2,4,6,13,16,18-20,34H,3,5,7-12,28H2,(H2,29,38)(H2,30,39)(H,35,42)(H,36,41)(H,37,40)(H,43,44)(H4,31,32,33). The molecule has 4 atom stereocenters. The van der Waals surface area contributed by atoms with E-state index in [1.165, 1.54) is 0 Å². The lowest BCUT2D eigenvalue weighted by atomic mass is 10.0. The zero-order valence-corrected chi connectivity index (χ0v) is 24.1. The number of nitrogens with one attached hydrogen (secondary N) is 4. The van der Waals surface area contributed by atoms with E-state index in [0.717, 1.165) is 10.9 Å². The highest BCUT2D eigenvalue weighted by atomic mass is 16.4. The Morgan fingerprint density at radius 3 is 1.98 bits per heavy atom. The van der Waals surface area contributed by atoms with Crippen molar-refractivity contribution in [3.8, 4) is 0 Å². The number of H-pyrrole nitrogens is 1. The van der Waals surface area contributed by atoms with Gasteiger partial charge in [-0.05, 0) is 37.3 Å². The Labute approximate surface area is 252 Å². The number of hydrogen-bond donors (Lipinski definition) is 10. The minimum atomic E-state index is -1.50. The Balaban J connectivity index is 2.28. The van der Waals surface area contributed by atoms with Crippen LogP contribution in [0.5, 0.6) is 0 Å². The van der Waals surface area contributed by atoms with Gasteiger partial charge in [-0.25, -0.2) is 4.79 Å². The first-order chi connectivity index (χ1) is 20.8. The summed E-state index contributed by atoms with van der Waals surface area (Å²) in [6.45, 7) is 0.246. The maximum atomic E-state index is 13.6. The number of carbonyl (C=O) groups is 6. The third-order valence-electron chi connectivity index (χ3n) is 6.64. The molecule has 15 N–H and O–H groups in total. The highest BCUT2D eigenvalue weighted by Gasteiger charge is 2.31. The van der Waals surface area contributed by atoms with Gasteiger partial charge in [-0.3, -0.25) is 29.0 Å². The number of fused-ring (bicyclic) bond motifs is 1. The molecule has 5 amide bonds. The lowest BCUT2D eigenvalue weighted by molar-refractivity contribution is -0.142. The van der Waals surface area contributed by atoms with Crippen LogP contribution in [0, 0.1) is 0 Å². The topological polar surface area (TPSA) is 317 Å². The molecular formula is C27H40N10O7. The second kappa shape index (κ2) is 17.1. The van der Waals surface area contributed by atoms with E-state index in [-0.39, 0.29) is 51.0 Å². The van der Waals surface area contributed by atoms with E-state index in [1.54, 1.807) is 12.3 Å². The van der Waals surface area contributed by atoms with Gasteiger partial charge in [0.2, 0.25) is 29.5 Å². The summed E-state index contributed by atoms with van der Waals surface area (Å²) in [5.41, 5.74) is 28.5. The maximum absolute atomic E-state index is 13.6. The summed E-state index contributed by atoms with van der Waals surface area (Å²) in [4.78, 5) is 80.9. The van der Waals surface area contributed by atoms with E-state index < -0.39 is 59.7 Å². The Kier molecular flexibility index (Phi) is 13.6. The summed E-state index contributed by atoms with van der Waals surface area (Å²) < 4.78 is 0. The Morgan fingerprint density at radius 2 is 1.36 bits per heavy atom. The van der Waals surface area contributed by atoms with Crippen LogP contribution in [0.3, 0.4) is 0 Å². The van der Waals surface area contributed by atoms with Crippen LogP contribution in [0.2, 0.25) is 0 Å². The molecule has 1 aromatic heterocycles. The number of para-hydroxylation sites is 1. The number of guanidine groups is 1. The molecule has 17 heteroatoms. The Morgan fingerprint density at radius 1 is 0.795 bits per heavy atom. The molecule has 2 rings (SSSR count). The van der Waals surface area contributed by atoms with Gasteiger partial charge >= 0.3 is 5.97 Å². The molecule has 1 heterocycles. The second-order valence-corrected chi connectivity index (χ2v) is 10.2. The molecule has 240 valence electrons. The highest BCUT2D eigenvalue weighted by Crippen LogP contribution is 2.19. The van der Waals surface area contributed by atoms with Gasteiger partial charge < -0.3 is 54.7 Å². The summed E-state index contributed by atoms with van der Waals surface area (Å²) in [7, 11) is 0. The van der Waals surface area contributed by atoms with Crippen LogP contribution < -0.4 is 44.6 Å². The Bertz CT molecular complexity index is 1370. The molecule has 4 unspecified atom stereocenters. The molecule has 1 aromatic carbocycles. The molecule has 0 spiro atoms. The molecule has 17 nitrogen and oxygen atoms in total. The zero-order chi connectivity index (χ0) is 32.8. The quantitative estimate of drug-likeness (QED) is 0.0438. The van der Waals surface area contributed by atoms with Gasteiger partial charge in [-0.2, -0.15) is 0 Å². The molecule has 2 aromatic rings. The smallest absolute Gasteiger partial charge is 0.326 e. The fourth-order valence-corrected chi connectivity index (χ4v) is 4.30. The van der Waals surface area contributed by atoms with Crippen molar-refractivity contribution in [1.82, 2.24) is 20.9 Å². The summed E-state index contributed by atoms with van der Waals surface area (Å²) in [5.74, 6) is -5.46. The van der Waals surface area contributed by atoms with Crippen molar-refractivity contribution in [2.24, 2.45) is 33.7 Å². The molecule has 0 aliphatic rings. The summed E-state index contributed by atoms with van der Waals surface area (Å²) in [6.07, 6.45) is 1.05. The largest absolute Gasteiger partial charge is 0.480 e. The molecule has 0 radical (unpaired) electrons. The number of nitrogens with zero attached hydrogens (tertiary/aromatic N) is 1. The fourth-order valence-electron chi connectivity index (χ4n) is 4.30. The lowest BCUT2D eigenvalue weighted by Gasteiger charge is -2.25. The average molecular weight is 617 g/mol. The van der Waals surface area contributed by atoms with Crippen LogP contribution in [0.15, 0.2) is 35.5 Å². The van der Waals surface area contributed by atoms with Crippen molar-refractivity contribution >= 4 is 52.4 Å². The van der Waals surface area contributed by atoms with E-state index in [9.17, 15) is 33.9 Å². The number of nitrogens with two attached hydrogens (primary N) is 5. The number of hydrogen-bond acceptors (Lipinski definition) is 8. The van der Waals surface area contributed by atoms with Crippen LogP contribution in [0.4, 0.5) is 0 Å². The number of carboxylic acid groups (broad SMARTS) is 1. The van der Waals surface area contributed by atoms with Crippen molar-refractivity contribution in [3.63, 3.8) is 0 Å². The average Bonchev–Trinajstić information content (AvgIpc) is 3.36. The van der Waals surface area contributed by atoms with Crippen LogP contribution >= 0.6 is 0 Å². The van der Waals surface area contributed by atoms with Crippen LogP contribution in [-0.4, -0.2) is 82.3 Å². The van der Waals surface area contributed by atoms with E-state index in [2.05, 4.69) is 25.9 Å². The molecule has 0 bridgehead atoms. The summed E-state index contributed by atoms with van der Waals surface area (Å²) in [6, 6.07) is 2.13. The first-order valence-electron chi connectivity index (χ1n) is 13.8. The van der Waals surface area contributed by atoms with Crippen molar-refractivity contribution in [2.45, 2.75) is 69.1 Å². The number of aromatic nitrogens is 1. The summed E-state index contributed by atoms with van der Waals surface area (Å²) >= 11 is 0. The lowest BCUT2D eigenvalue weighted by Crippen LogP contribution is -2.57.